The number of fused-ring (bicyclic) bond motifs is 20. The highest BCUT2D eigenvalue weighted by Crippen LogP contribution is 2.49. The lowest BCUT2D eigenvalue weighted by molar-refractivity contribution is 0.668. The minimum atomic E-state index is -0.479. The van der Waals surface area contributed by atoms with Gasteiger partial charge in [-0.25, -0.2) is 44.9 Å². The zero-order valence-electron chi connectivity index (χ0n) is 82.5. The van der Waals surface area contributed by atoms with E-state index in [1.807, 2.05) is 120 Å². The third kappa shape index (κ3) is 15.3. The number of hydrogen-bond acceptors (Lipinski definition) is 15. The highest BCUT2D eigenvalue weighted by molar-refractivity contribution is 7.27. The third-order valence-electron chi connectivity index (χ3n) is 27.4. The van der Waals surface area contributed by atoms with Gasteiger partial charge >= 0.3 is 0 Å². The molecule has 0 N–H and O–H groups in total. The fourth-order valence-electron chi connectivity index (χ4n) is 20.4. The van der Waals surface area contributed by atoms with E-state index in [0.29, 0.717) is 57.5 Å². The molecule has 0 aliphatic carbocycles. The summed E-state index contributed by atoms with van der Waals surface area (Å²) in [6.07, 6.45) is 0. The second kappa shape index (κ2) is 36.0. The van der Waals surface area contributed by atoms with Gasteiger partial charge < -0.3 is 8.83 Å². The molecular weight excluding hydrogens is 1860 g/mol. The maximum absolute atomic E-state index is 8.64. The molecule has 11 nitrogen and oxygen atoms in total. The number of aromatic nitrogens is 9. The van der Waals surface area contributed by atoms with Gasteiger partial charge in [0.1, 0.15) is 22.3 Å². The van der Waals surface area contributed by atoms with Crippen molar-refractivity contribution in [2.24, 2.45) is 0 Å². The van der Waals surface area contributed by atoms with Gasteiger partial charge in [0.2, 0.25) is 0 Å². The molecule has 0 unspecified atom stereocenters. The molecule has 21 aromatic carbocycles. The largest absolute Gasteiger partial charge is 0.456 e. The van der Waals surface area contributed by atoms with E-state index in [4.69, 9.17) is 55.6 Å². The summed E-state index contributed by atoms with van der Waals surface area (Å²) < 4.78 is 64.5. The van der Waals surface area contributed by atoms with E-state index in [1.165, 1.54) is 103 Å². The molecule has 0 aliphatic rings. The predicted octanol–water partition coefficient (Wildman–Crippen LogP) is 36.9. The van der Waals surface area contributed by atoms with Gasteiger partial charge in [-0.2, -0.15) is 0 Å². The van der Waals surface area contributed by atoms with Crippen LogP contribution in [0.2, 0.25) is 0 Å². The Hall–Kier alpha value is -18.4. The summed E-state index contributed by atoms with van der Waals surface area (Å²) in [5.74, 6) is 4.39. The number of para-hydroxylation sites is 2. The van der Waals surface area contributed by atoms with Crippen LogP contribution >= 0.6 is 45.3 Å². The van der Waals surface area contributed by atoms with Crippen molar-refractivity contribution in [3.8, 4) is 147 Å². The Balaban J connectivity index is 0.000000109. The van der Waals surface area contributed by atoms with E-state index in [-0.39, 0.29) is 29.3 Å². The molecule has 0 radical (unpaired) electrons. The fraction of sp³-hybridized carbons (Fsp3) is 0. The highest BCUT2D eigenvalue weighted by Gasteiger charge is 2.25. The standard InChI is InChI=1S/C47H27N3OS.C45H27N3S2.C39H23N3OS/c1-2-13-30-28(11-1)12-9-20-39(30)46-48-45(29-23-24-35-34-16-5-7-21-41(34)51-42(35)27-29)49-47(50-46)40-26-25-33(31-14-3-4-15-32(31)40)37-18-10-19-38-36-17-6-8-22-43(36)52-44(37)38;1-2-11-28(12-3-1)32-13-4-5-16-38(32)45-47-43(46-44(48-45)31-25-26-36-34-14-6-8-19-39(34)49-41(36)27-31)30-23-21-29(22-24-30)33-17-10-18-37-35-15-7-9-20-40(35)50-42(33)37;1-2-9-25(10-3-1)37-40-38(42-39(41-37)27-21-22-30-29-11-4-6-15-33(29)43-34(30)23-27)26-19-17-24(18-20-26)28-13-8-14-32-31-12-5-7-16-35(31)44-36(28)32/h1-27H;1-27H;1-23H/i;;1D,2D,3D,9D,10D. The van der Waals surface area contributed by atoms with Gasteiger partial charge in [0.05, 0.1) is 6.85 Å². The van der Waals surface area contributed by atoms with Crippen LogP contribution in [0.25, 0.3) is 293 Å². The molecule has 30 aromatic rings. The summed E-state index contributed by atoms with van der Waals surface area (Å²) in [7, 11) is 0. The number of thiophene rings is 4. The summed E-state index contributed by atoms with van der Waals surface area (Å²) in [6.45, 7) is 0. The first-order valence-electron chi connectivity index (χ1n) is 50.6. The van der Waals surface area contributed by atoms with Crippen LogP contribution in [0.5, 0.6) is 0 Å². The summed E-state index contributed by atoms with van der Waals surface area (Å²) in [4.78, 5) is 45.2. The minimum absolute atomic E-state index is 0.0131. The first-order chi connectivity index (χ1) is 74.4. The monoisotopic (exact) mass is 1940 g/mol. The highest BCUT2D eigenvalue weighted by atomic mass is 32.1. The van der Waals surface area contributed by atoms with Crippen LogP contribution in [-0.2, 0) is 0 Å². The second-order valence-corrected chi connectivity index (χ2v) is 40.2. The molecule has 15 heteroatoms. The number of furan rings is 2. The van der Waals surface area contributed by atoms with Crippen molar-refractivity contribution in [2.75, 3.05) is 0 Å². The molecule has 0 amide bonds. The SMILES string of the molecule is [2H]c1c([2H])c([2H])c(-c2nc(-c3ccc(-c4cccc5c4sc4ccccc45)cc3)nc(-c3ccc4c(c3)oc3ccccc34)n2)c([2H])c1[2H].c1ccc(-c2ccccc2-c2nc(-c3ccc(-c4cccc5c4sc4ccccc45)cc3)nc(-c3ccc4c(c3)sc3ccccc34)n2)cc1.c1ccc2c(-c3nc(-c4ccc5c(c4)oc4ccccc45)nc(-c4ccc(-c5cccc6c5sc5ccccc56)c5ccccc45)n3)cccc2c1. The van der Waals surface area contributed by atoms with Gasteiger partial charge in [0.15, 0.2) is 52.4 Å². The maximum Gasteiger partial charge on any atom is 0.164 e. The van der Waals surface area contributed by atoms with Gasteiger partial charge in [0, 0.05) is 158 Å². The van der Waals surface area contributed by atoms with Gasteiger partial charge in [-0.1, -0.05) is 394 Å². The van der Waals surface area contributed by atoms with Crippen LogP contribution in [0.3, 0.4) is 0 Å². The second-order valence-electron chi connectivity index (χ2n) is 36.0. The normalized spacial score (nSPS) is 12.2. The van der Waals surface area contributed by atoms with Gasteiger partial charge in [-0.3, -0.25) is 0 Å². The Morgan fingerprint density at radius 1 is 0.158 bits per heavy atom. The molecule has 0 aliphatic heterocycles. The van der Waals surface area contributed by atoms with E-state index in [9.17, 15) is 0 Å². The van der Waals surface area contributed by atoms with E-state index >= 15 is 0 Å². The molecular formula is C131H77N9O2S4. The maximum atomic E-state index is 8.64. The van der Waals surface area contributed by atoms with Crippen LogP contribution in [-0.4, -0.2) is 44.9 Å². The molecule has 30 rings (SSSR count). The third-order valence-corrected chi connectivity index (χ3v) is 32.2. The lowest BCUT2D eigenvalue weighted by atomic mass is 9.94. The Morgan fingerprint density at radius 3 is 0.986 bits per heavy atom. The molecule has 9 heterocycles. The zero-order chi connectivity index (χ0) is 101. The first kappa shape index (κ1) is 80.3. The van der Waals surface area contributed by atoms with Crippen molar-refractivity contribution in [2.45, 2.75) is 0 Å². The Labute approximate surface area is 859 Å². The van der Waals surface area contributed by atoms with Crippen molar-refractivity contribution < 1.29 is 15.7 Å². The van der Waals surface area contributed by atoms with E-state index in [0.717, 1.165) is 115 Å². The summed E-state index contributed by atoms with van der Waals surface area (Å²) >= 11 is 7.28. The molecule has 0 saturated carbocycles. The van der Waals surface area contributed by atoms with Crippen LogP contribution < -0.4 is 0 Å². The molecule has 0 saturated heterocycles. The van der Waals surface area contributed by atoms with E-state index in [1.54, 1.807) is 22.7 Å². The quantitative estimate of drug-likeness (QED) is 0.109. The summed E-state index contributed by atoms with van der Waals surface area (Å²) in [6, 6.07) is 149. The molecule has 682 valence electrons. The predicted molar refractivity (Wildman–Crippen MR) is 611 cm³/mol. The lowest BCUT2D eigenvalue weighted by Gasteiger charge is -2.14. The van der Waals surface area contributed by atoms with Crippen LogP contribution in [0.1, 0.15) is 6.85 Å². The molecule has 146 heavy (non-hydrogen) atoms. The minimum Gasteiger partial charge on any atom is -0.456 e. The van der Waals surface area contributed by atoms with E-state index in [2.05, 4.69) is 345 Å². The van der Waals surface area contributed by atoms with Crippen molar-refractivity contribution in [3.63, 3.8) is 0 Å². The average Bonchev–Trinajstić information content (AvgIpc) is 1.11. The molecule has 0 spiro atoms. The Kier molecular flexibility index (Phi) is 19.8. The lowest BCUT2D eigenvalue weighted by Crippen LogP contribution is -2.01. The van der Waals surface area contributed by atoms with Crippen LogP contribution in [0.15, 0.2) is 476 Å². The Morgan fingerprint density at radius 2 is 0.459 bits per heavy atom. The molecule has 0 atom stereocenters. The molecule has 0 fully saturated rings. The van der Waals surface area contributed by atoms with Crippen LogP contribution in [0.4, 0.5) is 0 Å². The average molecular weight is 1940 g/mol. The van der Waals surface area contributed by atoms with E-state index < -0.39 is 18.1 Å². The van der Waals surface area contributed by atoms with Crippen molar-refractivity contribution >= 4 is 191 Å². The number of benzene rings is 21. The van der Waals surface area contributed by atoms with Crippen molar-refractivity contribution in [1.29, 1.82) is 0 Å². The summed E-state index contributed by atoms with van der Waals surface area (Å²) in [5, 5.41) is 18.7. The number of nitrogens with zero attached hydrogens (tertiary/aromatic N) is 9. The number of hydrogen-bond donors (Lipinski definition) is 0. The first-order valence-corrected chi connectivity index (χ1v) is 51.3. The zero-order valence-corrected chi connectivity index (χ0v) is 80.8. The van der Waals surface area contributed by atoms with Crippen molar-refractivity contribution in [1.82, 2.24) is 44.9 Å². The van der Waals surface area contributed by atoms with Gasteiger partial charge in [0.25, 0.3) is 0 Å². The van der Waals surface area contributed by atoms with Gasteiger partial charge in [-0.05, 0) is 133 Å². The Bertz CT molecular complexity index is 10800. The number of rotatable bonds is 13. The summed E-state index contributed by atoms with van der Waals surface area (Å²) in [5.41, 5.74) is 19.2. The topological polar surface area (TPSA) is 142 Å². The molecule has 9 aromatic heterocycles. The molecule has 0 bridgehead atoms. The van der Waals surface area contributed by atoms with Gasteiger partial charge in [-0.15, -0.1) is 45.3 Å². The fourth-order valence-corrected chi connectivity index (χ4v) is 25.3. The van der Waals surface area contributed by atoms with Crippen LogP contribution in [0, 0.1) is 0 Å². The van der Waals surface area contributed by atoms with Crippen molar-refractivity contribution in [3.05, 3.63) is 467 Å². The smallest absolute Gasteiger partial charge is 0.164 e.